The Hall–Kier alpha value is -2.78. The molecular formula is C14H14N4O9S2. The number of fused-ring (bicyclic) bond motifs is 1. The van der Waals surface area contributed by atoms with Crippen molar-refractivity contribution in [1.82, 2.24) is 9.62 Å². The van der Waals surface area contributed by atoms with Crippen molar-refractivity contribution in [2.45, 2.75) is 40.9 Å². The first-order chi connectivity index (χ1) is 13.3. The molecule has 2 aliphatic rings. The van der Waals surface area contributed by atoms with Gasteiger partial charge in [-0.15, -0.1) is 11.8 Å². The molecule has 0 unspecified atom stereocenters. The number of carboxylic acid groups (broad SMARTS) is 1. The van der Waals surface area contributed by atoms with Gasteiger partial charge in [-0.2, -0.15) is 4.72 Å². The fourth-order valence-electron chi connectivity index (χ4n) is 3.34. The zero-order valence-electron chi connectivity index (χ0n) is 14.8. The van der Waals surface area contributed by atoms with Gasteiger partial charge in [0.15, 0.2) is 4.90 Å². The topological polar surface area (TPSA) is 190 Å². The third-order valence-corrected chi connectivity index (χ3v) is 7.66. The number of carbonyl (C=O) groups excluding carboxylic acids is 1. The molecule has 0 aromatic heterocycles. The molecule has 2 aliphatic heterocycles. The highest BCUT2D eigenvalue weighted by Crippen LogP contribution is 2.51. The van der Waals surface area contributed by atoms with Crippen LogP contribution < -0.4 is 4.72 Å². The zero-order chi connectivity index (χ0) is 21.9. The molecule has 1 aromatic carbocycles. The molecule has 2 fully saturated rings. The van der Waals surface area contributed by atoms with Crippen LogP contribution in [0.3, 0.4) is 0 Å². The second-order valence-corrected chi connectivity index (χ2v) is 10.3. The molecule has 0 aliphatic carbocycles. The van der Waals surface area contributed by atoms with Crippen molar-refractivity contribution >= 4 is 45.0 Å². The van der Waals surface area contributed by atoms with Crippen LogP contribution >= 0.6 is 11.8 Å². The highest BCUT2D eigenvalue weighted by molar-refractivity contribution is 8.01. The lowest BCUT2D eigenvalue weighted by Gasteiger charge is -2.43. The van der Waals surface area contributed by atoms with Crippen molar-refractivity contribution in [3.63, 3.8) is 0 Å². The van der Waals surface area contributed by atoms with Crippen LogP contribution in [0, 0.1) is 20.2 Å². The van der Waals surface area contributed by atoms with Crippen molar-refractivity contribution in [1.29, 1.82) is 0 Å². The quantitative estimate of drug-likeness (QED) is 0.349. The van der Waals surface area contributed by atoms with Crippen molar-refractivity contribution in [3.05, 3.63) is 38.4 Å². The van der Waals surface area contributed by atoms with E-state index in [-0.39, 0.29) is 0 Å². The average molecular weight is 446 g/mol. The van der Waals surface area contributed by atoms with E-state index in [0.29, 0.717) is 12.1 Å². The number of nitro groups is 2. The molecule has 29 heavy (non-hydrogen) atoms. The van der Waals surface area contributed by atoms with Gasteiger partial charge in [-0.1, -0.05) is 0 Å². The van der Waals surface area contributed by atoms with Crippen LogP contribution in [0.1, 0.15) is 13.8 Å². The maximum atomic E-state index is 12.7. The second kappa shape index (κ2) is 6.64. The zero-order valence-corrected chi connectivity index (χ0v) is 16.5. The molecule has 2 saturated heterocycles. The minimum atomic E-state index is -4.61. The van der Waals surface area contributed by atoms with Gasteiger partial charge < -0.3 is 10.0 Å². The number of aliphatic carboxylic acids is 1. The van der Waals surface area contributed by atoms with Gasteiger partial charge in [-0.05, 0) is 19.9 Å². The highest BCUT2D eigenvalue weighted by Gasteiger charge is 2.64. The van der Waals surface area contributed by atoms with Crippen molar-refractivity contribution < 1.29 is 33.0 Å². The maximum absolute atomic E-state index is 12.7. The molecule has 1 aromatic rings. The van der Waals surface area contributed by atoms with E-state index < -0.39 is 70.2 Å². The number of nitrogens with zero attached hydrogens (tertiary/aromatic N) is 3. The fourth-order valence-corrected chi connectivity index (χ4v) is 6.40. The van der Waals surface area contributed by atoms with E-state index in [1.165, 1.54) is 0 Å². The van der Waals surface area contributed by atoms with Gasteiger partial charge in [0.05, 0.1) is 15.9 Å². The van der Waals surface area contributed by atoms with Crippen LogP contribution in [0.15, 0.2) is 23.1 Å². The normalized spacial score (nSPS) is 25.2. The van der Waals surface area contributed by atoms with E-state index in [9.17, 15) is 43.3 Å². The summed E-state index contributed by atoms with van der Waals surface area (Å²) in [5, 5.41) is 30.6. The predicted molar refractivity (Wildman–Crippen MR) is 97.6 cm³/mol. The fraction of sp³-hybridized carbons (Fsp3) is 0.429. The number of rotatable bonds is 6. The van der Waals surface area contributed by atoms with Gasteiger partial charge in [0.2, 0.25) is 15.9 Å². The summed E-state index contributed by atoms with van der Waals surface area (Å²) in [5.74, 6) is -2.00. The third kappa shape index (κ3) is 3.30. The van der Waals surface area contributed by atoms with Gasteiger partial charge in [0.1, 0.15) is 17.5 Å². The Balaban J connectivity index is 1.92. The number of sulfonamides is 1. The number of hydrogen-bond donors (Lipinski definition) is 2. The van der Waals surface area contributed by atoms with Crippen molar-refractivity contribution in [2.75, 3.05) is 0 Å². The number of benzene rings is 1. The Kier molecular flexibility index (Phi) is 4.79. The van der Waals surface area contributed by atoms with E-state index in [4.69, 9.17) is 0 Å². The number of amides is 1. The van der Waals surface area contributed by atoms with Gasteiger partial charge in [0.25, 0.3) is 11.4 Å². The Morgan fingerprint density at radius 3 is 2.41 bits per heavy atom. The standard InChI is InChI=1S/C14H14N4O9S2/c1-14(2)10(13(20)21)16-11(19)9(12(16)28-14)15-29(26,27)8-4-3-6(17(22)23)5-7(8)18(24)25/h3-5,9-10,12,15H,1-2H3,(H,20,21)/t9-,10+,12-/m1/s1. The first-order valence-electron chi connectivity index (χ1n) is 7.96. The third-order valence-electron chi connectivity index (χ3n) is 4.60. The number of β-lactam (4-membered cyclic amide) rings is 1. The summed E-state index contributed by atoms with van der Waals surface area (Å²) in [7, 11) is -4.61. The Morgan fingerprint density at radius 2 is 1.90 bits per heavy atom. The first-order valence-corrected chi connectivity index (χ1v) is 10.3. The Labute approximate surface area is 167 Å². The maximum Gasteiger partial charge on any atom is 0.327 e. The molecular weight excluding hydrogens is 432 g/mol. The van der Waals surface area contributed by atoms with E-state index in [1.54, 1.807) is 13.8 Å². The minimum absolute atomic E-state index is 0.511. The smallest absolute Gasteiger partial charge is 0.327 e. The molecule has 0 saturated carbocycles. The number of nitro benzene ring substituents is 2. The van der Waals surface area contributed by atoms with Crippen LogP contribution in [0.5, 0.6) is 0 Å². The molecule has 3 rings (SSSR count). The van der Waals surface area contributed by atoms with Gasteiger partial charge in [0, 0.05) is 10.8 Å². The number of carboxylic acids is 1. The summed E-state index contributed by atoms with van der Waals surface area (Å²) in [5.41, 5.74) is -1.68. The van der Waals surface area contributed by atoms with Gasteiger partial charge in [-0.25, -0.2) is 13.2 Å². The van der Waals surface area contributed by atoms with Crippen LogP contribution in [0.4, 0.5) is 11.4 Å². The van der Waals surface area contributed by atoms with Crippen molar-refractivity contribution in [2.24, 2.45) is 0 Å². The second-order valence-electron chi connectivity index (χ2n) is 6.86. The summed E-state index contributed by atoms with van der Waals surface area (Å²) in [4.78, 5) is 44.2. The number of nitrogens with one attached hydrogen (secondary N) is 1. The lowest BCUT2D eigenvalue weighted by Crippen LogP contribution is -2.70. The Bertz CT molecular complexity index is 1060. The molecule has 0 bridgehead atoms. The highest BCUT2D eigenvalue weighted by atomic mass is 32.2. The van der Waals surface area contributed by atoms with Crippen molar-refractivity contribution in [3.8, 4) is 0 Å². The van der Waals surface area contributed by atoms with E-state index in [2.05, 4.69) is 4.72 Å². The van der Waals surface area contributed by atoms with Crippen LogP contribution in [-0.4, -0.2) is 62.4 Å². The van der Waals surface area contributed by atoms with E-state index >= 15 is 0 Å². The Morgan fingerprint density at radius 1 is 1.28 bits per heavy atom. The molecule has 2 N–H and O–H groups in total. The summed E-state index contributed by atoms with van der Waals surface area (Å²) in [6, 6.07) is -0.449. The lowest BCUT2D eigenvalue weighted by molar-refractivity contribution is -0.396. The SMILES string of the molecule is CC1(C)S[C@@H]2[C@H](NS(=O)(=O)c3ccc([N+](=O)[O-])cc3[N+](=O)[O-])C(=O)N2[C@H]1C(=O)O. The van der Waals surface area contributed by atoms with Crippen LogP contribution in [0.2, 0.25) is 0 Å². The molecule has 15 heteroatoms. The minimum Gasteiger partial charge on any atom is -0.480 e. The molecule has 1 amide bonds. The average Bonchev–Trinajstić information content (AvgIpc) is 2.87. The number of carbonyl (C=O) groups is 2. The van der Waals surface area contributed by atoms with Crippen LogP contribution in [-0.2, 0) is 19.6 Å². The van der Waals surface area contributed by atoms with Gasteiger partial charge >= 0.3 is 5.97 Å². The largest absolute Gasteiger partial charge is 0.480 e. The number of thioether (sulfide) groups is 1. The molecule has 156 valence electrons. The molecule has 13 nitrogen and oxygen atoms in total. The van der Waals surface area contributed by atoms with E-state index in [1.807, 2.05) is 0 Å². The summed E-state index contributed by atoms with van der Waals surface area (Å²) >= 11 is 1.09. The monoisotopic (exact) mass is 446 g/mol. The summed E-state index contributed by atoms with van der Waals surface area (Å²) in [6.45, 7) is 3.21. The number of hydrogen-bond acceptors (Lipinski definition) is 9. The summed E-state index contributed by atoms with van der Waals surface area (Å²) in [6.07, 6.45) is 0. The number of non-ortho nitro benzene ring substituents is 1. The molecule has 3 atom stereocenters. The molecule has 2 heterocycles. The first kappa shape index (κ1) is 20.9. The summed E-state index contributed by atoms with van der Waals surface area (Å²) < 4.78 is 26.5. The van der Waals surface area contributed by atoms with E-state index in [0.717, 1.165) is 22.7 Å². The van der Waals surface area contributed by atoms with Crippen LogP contribution in [0.25, 0.3) is 0 Å². The predicted octanol–water partition coefficient (Wildman–Crippen LogP) is 0.297. The molecule has 0 spiro atoms. The molecule has 0 radical (unpaired) electrons. The lowest BCUT2D eigenvalue weighted by atomic mass is 9.96. The van der Waals surface area contributed by atoms with Gasteiger partial charge in [-0.3, -0.25) is 25.0 Å².